The van der Waals surface area contributed by atoms with Crippen molar-refractivity contribution in [3.8, 4) is 34.3 Å². The van der Waals surface area contributed by atoms with E-state index in [4.69, 9.17) is 18.9 Å². The van der Waals surface area contributed by atoms with Gasteiger partial charge in [0.2, 0.25) is 0 Å². The molecule has 7 heteroatoms. The van der Waals surface area contributed by atoms with Crippen LogP contribution in [0, 0.1) is 5.92 Å². The number of ether oxygens (including phenoxy) is 4. The monoisotopic (exact) mass is 499 g/mol. The number of hydrogen-bond acceptors (Lipinski definition) is 6. The van der Waals surface area contributed by atoms with Gasteiger partial charge in [0, 0.05) is 16.5 Å². The highest BCUT2D eigenvalue weighted by molar-refractivity contribution is 6.27. The van der Waals surface area contributed by atoms with Gasteiger partial charge in [0.15, 0.2) is 28.8 Å². The molecule has 4 aromatic rings. The quantitative estimate of drug-likeness (QED) is 0.288. The Morgan fingerprint density at radius 2 is 1.51 bits per heavy atom. The second-order valence-electron chi connectivity index (χ2n) is 9.40. The number of nitrogens with zero attached hydrogens (tertiary/aromatic N) is 1. The molecule has 1 heterocycles. The molecule has 0 atom stereocenters. The van der Waals surface area contributed by atoms with Gasteiger partial charge < -0.3 is 23.5 Å². The average molecular weight is 500 g/mol. The van der Waals surface area contributed by atoms with Gasteiger partial charge in [-0.15, -0.1) is 0 Å². The lowest BCUT2D eigenvalue weighted by Gasteiger charge is -2.18. The summed E-state index contributed by atoms with van der Waals surface area (Å²) in [6, 6.07) is 16.5. The summed E-state index contributed by atoms with van der Waals surface area (Å²) < 4.78 is 24.2. The van der Waals surface area contributed by atoms with E-state index in [9.17, 15) is 9.59 Å². The van der Waals surface area contributed by atoms with E-state index in [2.05, 4.69) is 13.8 Å². The van der Waals surface area contributed by atoms with Crippen molar-refractivity contribution in [2.24, 2.45) is 5.92 Å². The number of hydrogen-bond donors (Lipinski definition) is 0. The molecule has 0 radical (unpaired) electrons. The van der Waals surface area contributed by atoms with E-state index in [0.29, 0.717) is 63.1 Å². The number of methoxy groups -OCH3 is 3. The first-order chi connectivity index (χ1) is 17.9. The number of benzene rings is 3. The molecule has 1 aromatic heterocycles. The van der Waals surface area contributed by atoms with Crippen LogP contribution in [0.15, 0.2) is 59.4 Å². The molecule has 3 aromatic carbocycles. The van der Waals surface area contributed by atoms with Crippen LogP contribution in [0.2, 0.25) is 0 Å². The largest absolute Gasteiger partial charge is 0.493 e. The Morgan fingerprint density at radius 3 is 2.19 bits per heavy atom. The van der Waals surface area contributed by atoms with E-state index in [0.717, 1.165) is 11.1 Å². The number of carbonyl (C=O) groups excluding carboxylic acids is 1. The number of pyridine rings is 1. The second kappa shape index (κ2) is 9.65. The number of fused-ring (bicyclic) bond motifs is 5. The smallest absolute Gasteiger partial charge is 0.263 e. The van der Waals surface area contributed by atoms with Crippen LogP contribution in [0.1, 0.15) is 35.3 Å². The fourth-order valence-electron chi connectivity index (χ4n) is 4.90. The molecule has 1 aliphatic rings. The summed E-state index contributed by atoms with van der Waals surface area (Å²) in [5, 5.41) is 0.857. The van der Waals surface area contributed by atoms with Gasteiger partial charge in [-0.25, -0.2) is 0 Å². The predicted octanol–water partition coefficient (Wildman–Crippen LogP) is 5.32. The van der Waals surface area contributed by atoms with Crippen LogP contribution in [0.4, 0.5) is 0 Å². The highest BCUT2D eigenvalue weighted by atomic mass is 16.5. The maximum Gasteiger partial charge on any atom is 0.263 e. The zero-order valence-corrected chi connectivity index (χ0v) is 21.6. The summed E-state index contributed by atoms with van der Waals surface area (Å²) in [4.78, 5) is 27.7. The van der Waals surface area contributed by atoms with Crippen molar-refractivity contribution in [2.45, 2.75) is 20.4 Å². The van der Waals surface area contributed by atoms with Crippen LogP contribution in [-0.2, 0) is 6.54 Å². The molecule has 0 saturated heterocycles. The molecule has 0 amide bonds. The van der Waals surface area contributed by atoms with Gasteiger partial charge >= 0.3 is 0 Å². The van der Waals surface area contributed by atoms with Crippen molar-refractivity contribution in [2.75, 3.05) is 27.9 Å². The maximum absolute atomic E-state index is 14.1. The third-order valence-electron chi connectivity index (χ3n) is 6.58. The van der Waals surface area contributed by atoms with Crippen LogP contribution in [0.5, 0.6) is 23.0 Å². The Hall–Kier alpha value is -4.26. The van der Waals surface area contributed by atoms with E-state index >= 15 is 0 Å². The standard InChI is InChI=1S/C30H29NO6/c1-17(2)16-37-22-12-10-18(14-24(22)35-4)15-31-27-19-8-6-7-9-20(19)28(32)25(27)21-11-13-23(34-3)29(36-5)26(21)30(31)33/h6-14,17H,15-16H2,1-5H3. The minimum Gasteiger partial charge on any atom is -0.493 e. The number of carbonyl (C=O) groups is 1. The van der Waals surface area contributed by atoms with Crippen molar-refractivity contribution >= 4 is 16.6 Å². The first-order valence-electron chi connectivity index (χ1n) is 12.1. The van der Waals surface area contributed by atoms with Crippen molar-refractivity contribution in [1.29, 1.82) is 0 Å². The molecule has 0 spiro atoms. The molecular weight excluding hydrogens is 470 g/mol. The molecule has 0 fully saturated rings. The van der Waals surface area contributed by atoms with Gasteiger partial charge in [-0.05, 0) is 35.7 Å². The fourth-order valence-corrected chi connectivity index (χ4v) is 4.90. The fraction of sp³-hybridized carbons (Fsp3) is 0.267. The minimum atomic E-state index is -0.270. The Morgan fingerprint density at radius 1 is 0.811 bits per heavy atom. The molecule has 0 aliphatic heterocycles. The maximum atomic E-state index is 14.1. The van der Waals surface area contributed by atoms with E-state index in [1.165, 1.54) is 14.2 Å². The van der Waals surface area contributed by atoms with Crippen LogP contribution in [0.25, 0.3) is 22.0 Å². The van der Waals surface area contributed by atoms with E-state index in [1.807, 2.05) is 36.4 Å². The lowest BCUT2D eigenvalue weighted by Crippen LogP contribution is -2.24. The summed E-state index contributed by atoms with van der Waals surface area (Å²) in [7, 11) is 4.60. The van der Waals surface area contributed by atoms with Crippen molar-refractivity contribution in [3.05, 3.63) is 81.6 Å². The molecule has 1 aliphatic carbocycles. The first-order valence-corrected chi connectivity index (χ1v) is 12.1. The zero-order valence-electron chi connectivity index (χ0n) is 21.6. The van der Waals surface area contributed by atoms with Crippen LogP contribution >= 0.6 is 0 Å². The Kier molecular flexibility index (Phi) is 6.38. The Bertz CT molecular complexity index is 1580. The molecule has 5 rings (SSSR count). The van der Waals surface area contributed by atoms with Gasteiger partial charge in [-0.3, -0.25) is 9.59 Å². The highest BCUT2D eigenvalue weighted by Gasteiger charge is 2.34. The van der Waals surface area contributed by atoms with Gasteiger partial charge in [-0.2, -0.15) is 0 Å². The summed E-state index contributed by atoms with van der Waals surface area (Å²) in [6.07, 6.45) is 0. The summed E-state index contributed by atoms with van der Waals surface area (Å²) in [6.45, 7) is 4.94. The van der Waals surface area contributed by atoms with Gasteiger partial charge in [0.25, 0.3) is 5.56 Å². The van der Waals surface area contributed by atoms with Crippen molar-refractivity contribution < 1.29 is 23.7 Å². The topological polar surface area (TPSA) is 76.0 Å². The Balaban J connectivity index is 1.75. The van der Waals surface area contributed by atoms with Gasteiger partial charge in [0.1, 0.15) is 0 Å². The molecule has 0 N–H and O–H groups in total. The SMILES string of the molecule is COc1cc(Cn2c3c(c4ccc(OC)c(OC)c4c2=O)C(=O)c2ccccc2-3)ccc1OCC(C)C. The average Bonchev–Trinajstić information content (AvgIpc) is 3.21. The lowest BCUT2D eigenvalue weighted by atomic mass is 10.0. The summed E-state index contributed by atoms with van der Waals surface area (Å²) in [5.41, 5.74) is 2.96. The number of aromatic nitrogens is 1. The van der Waals surface area contributed by atoms with Crippen molar-refractivity contribution in [1.82, 2.24) is 4.57 Å². The molecule has 0 bridgehead atoms. The molecule has 190 valence electrons. The van der Waals surface area contributed by atoms with Gasteiger partial charge in [0.05, 0.1) is 51.1 Å². The number of rotatable bonds is 8. The molecular formula is C30H29NO6. The van der Waals surface area contributed by atoms with E-state index < -0.39 is 0 Å². The third kappa shape index (κ3) is 4.00. The van der Waals surface area contributed by atoms with Crippen LogP contribution in [0.3, 0.4) is 0 Å². The molecule has 7 nitrogen and oxygen atoms in total. The predicted molar refractivity (Wildman–Crippen MR) is 143 cm³/mol. The molecule has 0 unspecified atom stereocenters. The van der Waals surface area contributed by atoms with Crippen LogP contribution < -0.4 is 24.5 Å². The third-order valence-corrected chi connectivity index (χ3v) is 6.58. The highest BCUT2D eigenvalue weighted by Crippen LogP contribution is 2.43. The van der Waals surface area contributed by atoms with Crippen molar-refractivity contribution in [3.63, 3.8) is 0 Å². The zero-order chi connectivity index (χ0) is 26.3. The molecule has 0 saturated carbocycles. The minimum absolute atomic E-state index is 0.119. The lowest BCUT2D eigenvalue weighted by molar-refractivity contribution is 0.104. The van der Waals surface area contributed by atoms with Gasteiger partial charge in [-0.1, -0.05) is 44.2 Å². The van der Waals surface area contributed by atoms with Crippen LogP contribution in [-0.4, -0.2) is 38.3 Å². The second-order valence-corrected chi connectivity index (χ2v) is 9.40. The number of ketones is 1. The van der Waals surface area contributed by atoms with E-state index in [1.54, 1.807) is 29.9 Å². The Labute approximate surface area is 215 Å². The van der Waals surface area contributed by atoms with E-state index in [-0.39, 0.29) is 17.9 Å². The first kappa shape index (κ1) is 24.4. The normalized spacial score (nSPS) is 12.0. The summed E-state index contributed by atoms with van der Waals surface area (Å²) in [5.74, 6) is 2.21. The summed E-state index contributed by atoms with van der Waals surface area (Å²) >= 11 is 0. The molecule has 37 heavy (non-hydrogen) atoms.